The summed E-state index contributed by atoms with van der Waals surface area (Å²) in [6.45, 7) is 2.09. The topological polar surface area (TPSA) is 133 Å². The van der Waals surface area contributed by atoms with Crippen LogP contribution in [0.15, 0.2) is 47.4 Å². The Kier molecular flexibility index (Phi) is 8.22. The fourth-order valence-corrected chi connectivity index (χ4v) is 3.78. The first-order chi connectivity index (χ1) is 15.3. The van der Waals surface area contributed by atoms with E-state index in [-0.39, 0.29) is 16.1 Å². The first-order valence-corrected chi connectivity index (χ1v) is 10.6. The van der Waals surface area contributed by atoms with Crippen LogP contribution in [0.1, 0.15) is 10.4 Å². The summed E-state index contributed by atoms with van der Waals surface area (Å²) in [5.74, 6) is -4.60. The molecule has 1 heterocycles. The van der Waals surface area contributed by atoms with Gasteiger partial charge in [0.1, 0.15) is 5.82 Å². The molecule has 1 aliphatic heterocycles. The number of halogens is 4. The van der Waals surface area contributed by atoms with Gasteiger partial charge in [-0.25, -0.2) is 22.4 Å². The van der Waals surface area contributed by atoms with E-state index in [4.69, 9.17) is 14.6 Å². The third-order valence-corrected chi connectivity index (χ3v) is 5.56. The molecule has 3 N–H and O–H groups in total. The minimum Gasteiger partial charge on any atom is -0.478 e. The maximum atomic E-state index is 13.3. The fourth-order valence-electron chi connectivity index (χ4n) is 2.70. The van der Waals surface area contributed by atoms with Crippen molar-refractivity contribution < 1.29 is 50.5 Å². The molecular formula is C19H18F4N2O7S. The van der Waals surface area contributed by atoms with Crippen LogP contribution < -0.4 is 9.62 Å². The normalized spacial score (nSPS) is 14.1. The molecule has 0 atom stereocenters. The molecule has 9 nitrogen and oxygen atoms in total. The lowest BCUT2D eigenvalue weighted by Gasteiger charge is -2.30. The van der Waals surface area contributed by atoms with Gasteiger partial charge in [-0.05, 0) is 36.4 Å². The number of rotatable bonds is 5. The van der Waals surface area contributed by atoms with Gasteiger partial charge in [-0.3, -0.25) is 4.72 Å². The molecule has 0 aliphatic carbocycles. The summed E-state index contributed by atoms with van der Waals surface area (Å²) in [7, 11) is -4.03. The third-order valence-electron chi connectivity index (χ3n) is 4.18. The monoisotopic (exact) mass is 494 g/mol. The Balaban J connectivity index is 0.000000479. The maximum absolute atomic E-state index is 13.3. The number of carboxylic acids is 2. The van der Waals surface area contributed by atoms with Crippen LogP contribution >= 0.6 is 0 Å². The lowest BCUT2D eigenvalue weighted by Crippen LogP contribution is -2.37. The first-order valence-electron chi connectivity index (χ1n) is 9.10. The lowest BCUT2D eigenvalue weighted by atomic mass is 10.1. The van der Waals surface area contributed by atoms with E-state index >= 15 is 0 Å². The van der Waals surface area contributed by atoms with E-state index < -0.39 is 34.0 Å². The molecule has 1 fully saturated rings. The van der Waals surface area contributed by atoms with Crippen molar-refractivity contribution in [3.8, 4) is 0 Å². The van der Waals surface area contributed by atoms with Crippen molar-refractivity contribution in [1.82, 2.24) is 0 Å². The number of morpholine rings is 1. The summed E-state index contributed by atoms with van der Waals surface area (Å²) in [6, 6.07) is 8.86. The van der Waals surface area contributed by atoms with E-state index in [9.17, 15) is 35.9 Å². The number of sulfonamides is 1. The van der Waals surface area contributed by atoms with Crippen LogP contribution in [0.2, 0.25) is 0 Å². The van der Waals surface area contributed by atoms with E-state index in [0.717, 1.165) is 12.1 Å². The lowest BCUT2D eigenvalue weighted by molar-refractivity contribution is -0.192. The molecule has 0 amide bonds. The summed E-state index contributed by atoms with van der Waals surface area (Å²) in [6.07, 6.45) is -5.08. The zero-order chi connectivity index (χ0) is 24.8. The van der Waals surface area contributed by atoms with Crippen LogP contribution in [0.5, 0.6) is 0 Å². The number of hydrogen-bond donors (Lipinski definition) is 3. The third kappa shape index (κ3) is 7.32. The van der Waals surface area contributed by atoms with Gasteiger partial charge in [0, 0.05) is 18.8 Å². The Bertz CT molecular complexity index is 1120. The highest BCUT2D eigenvalue weighted by Crippen LogP contribution is 2.27. The Morgan fingerprint density at radius 2 is 1.64 bits per heavy atom. The van der Waals surface area contributed by atoms with Crippen LogP contribution in [0.4, 0.5) is 28.9 Å². The largest absolute Gasteiger partial charge is 0.490 e. The molecule has 1 saturated heterocycles. The summed E-state index contributed by atoms with van der Waals surface area (Å²) in [5, 5.41) is 16.6. The maximum Gasteiger partial charge on any atom is 0.490 e. The number of carbonyl (C=O) groups is 2. The summed E-state index contributed by atoms with van der Waals surface area (Å²) < 4.78 is 77.3. The summed E-state index contributed by atoms with van der Waals surface area (Å²) in [4.78, 5) is 22.1. The zero-order valence-electron chi connectivity index (χ0n) is 16.7. The molecule has 0 bridgehead atoms. The Hall–Kier alpha value is -3.39. The molecule has 0 saturated carbocycles. The number of ether oxygens (including phenoxy) is 1. The average Bonchev–Trinajstić information content (AvgIpc) is 2.74. The minimum atomic E-state index is -5.08. The fraction of sp³-hybridized carbons (Fsp3) is 0.263. The van der Waals surface area contributed by atoms with Gasteiger partial charge in [0.15, 0.2) is 0 Å². The van der Waals surface area contributed by atoms with E-state index in [2.05, 4.69) is 4.72 Å². The number of aliphatic carboxylic acids is 1. The number of alkyl halides is 3. The van der Waals surface area contributed by atoms with Crippen molar-refractivity contribution in [3.05, 3.63) is 53.8 Å². The predicted molar refractivity (Wildman–Crippen MR) is 107 cm³/mol. The smallest absolute Gasteiger partial charge is 0.478 e. The Labute approximate surface area is 185 Å². The van der Waals surface area contributed by atoms with Gasteiger partial charge >= 0.3 is 18.1 Å². The average molecular weight is 494 g/mol. The van der Waals surface area contributed by atoms with Gasteiger partial charge in [0.25, 0.3) is 10.0 Å². The standard InChI is InChI=1S/C17H17FN2O5S.C2HF3O2/c18-12-2-1-3-14(10-12)26(23,24)19-13-4-5-16(15(11-13)17(21)22)20-6-8-25-9-7-20;3-2(4,5)1(6)7/h1-5,10-11,19H,6-9H2,(H,21,22);(H,6,7). The van der Waals surface area contributed by atoms with Crippen LogP contribution in [0.25, 0.3) is 0 Å². The minimum absolute atomic E-state index is 0.0219. The van der Waals surface area contributed by atoms with Crippen molar-refractivity contribution >= 4 is 33.3 Å². The molecular weight excluding hydrogens is 476 g/mol. The molecule has 0 spiro atoms. The van der Waals surface area contributed by atoms with Crippen molar-refractivity contribution in [2.24, 2.45) is 0 Å². The first kappa shape index (κ1) is 25.9. The number of nitrogens with zero attached hydrogens (tertiary/aromatic N) is 1. The molecule has 1 aliphatic rings. The van der Waals surface area contributed by atoms with Crippen LogP contribution in [-0.4, -0.2) is 63.0 Å². The molecule has 2 aromatic carbocycles. The second-order valence-electron chi connectivity index (χ2n) is 6.50. The van der Waals surface area contributed by atoms with Crippen molar-refractivity contribution in [2.75, 3.05) is 35.9 Å². The van der Waals surface area contributed by atoms with Gasteiger partial charge in [0.2, 0.25) is 0 Å². The van der Waals surface area contributed by atoms with Gasteiger partial charge in [0.05, 0.1) is 29.4 Å². The number of aromatic carboxylic acids is 1. The second-order valence-corrected chi connectivity index (χ2v) is 8.18. The number of carboxylic acid groups (broad SMARTS) is 2. The highest BCUT2D eigenvalue weighted by atomic mass is 32.2. The van der Waals surface area contributed by atoms with Crippen molar-refractivity contribution in [3.63, 3.8) is 0 Å². The van der Waals surface area contributed by atoms with E-state index in [1.807, 2.05) is 4.90 Å². The van der Waals surface area contributed by atoms with Gasteiger partial charge in [-0.2, -0.15) is 13.2 Å². The second kappa shape index (κ2) is 10.5. The van der Waals surface area contributed by atoms with Gasteiger partial charge < -0.3 is 19.8 Å². The van der Waals surface area contributed by atoms with Crippen LogP contribution in [0.3, 0.4) is 0 Å². The highest BCUT2D eigenvalue weighted by Gasteiger charge is 2.38. The number of benzene rings is 2. The Morgan fingerprint density at radius 3 is 2.15 bits per heavy atom. The molecule has 2 aromatic rings. The molecule has 14 heteroatoms. The van der Waals surface area contributed by atoms with E-state index in [1.54, 1.807) is 6.07 Å². The van der Waals surface area contributed by atoms with Crippen LogP contribution in [0, 0.1) is 5.82 Å². The van der Waals surface area contributed by atoms with E-state index in [1.165, 1.54) is 24.3 Å². The number of hydrogen-bond acceptors (Lipinski definition) is 6. The molecule has 0 radical (unpaired) electrons. The van der Waals surface area contributed by atoms with Crippen molar-refractivity contribution in [2.45, 2.75) is 11.1 Å². The molecule has 0 aromatic heterocycles. The SMILES string of the molecule is O=C(O)C(F)(F)F.O=C(O)c1cc(NS(=O)(=O)c2cccc(F)c2)ccc1N1CCOCC1. The number of nitrogens with one attached hydrogen (secondary N) is 1. The van der Waals surface area contributed by atoms with E-state index in [0.29, 0.717) is 32.0 Å². The molecule has 0 unspecified atom stereocenters. The predicted octanol–water partition coefficient (Wildman–Crippen LogP) is 2.79. The van der Waals surface area contributed by atoms with Gasteiger partial charge in [-0.15, -0.1) is 0 Å². The number of anilines is 2. The summed E-state index contributed by atoms with van der Waals surface area (Å²) in [5.41, 5.74) is 0.560. The zero-order valence-corrected chi connectivity index (χ0v) is 17.5. The molecule has 3 rings (SSSR count). The summed E-state index contributed by atoms with van der Waals surface area (Å²) >= 11 is 0. The Morgan fingerprint density at radius 1 is 1.03 bits per heavy atom. The molecule has 33 heavy (non-hydrogen) atoms. The van der Waals surface area contributed by atoms with Gasteiger partial charge in [-0.1, -0.05) is 6.07 Å². The highest BCUT2D eigenvalue weighted by molar-refractivity contribution is 7.92. The van der Waals surface area contributed by atoms with Crippen LogP contribution in [-0.2, 0) is 19.6 Å². The van der Waals surface area contributed by atoms with Crippen molar-refractivity contribution in [1.29, 1.82) is 0 Å². The quantitative estimate of drug-likeness (QED) is 0.541. The molecule has 180 valence electrons.